The van der Waals surface area contributed by atoms with Gasteiger partial charge < -0.3 is 5.32 Å². The van der Waals surface area contributed by atoms with E-state index < -0.39 is 0 Å². The van der Waals surface area contributed by atoms with Crippen LogP contribution in [0.5, 0.6) is 0 Å². The van der Waals surface area contributed by atoms with Crippen molar-refractivity contribution >= 4 is 0 Å². The van der Waals surface area contributed by atoms with E-state index in [1.54, 1.807) is 0 Å². The first-order valence-corrected chi connectivity index (χ1v) is 6.37. The molecule has 96 valence electrons. The summed E-state index contributed by atoms with van der Waals surface area (Å²) in [7, 11) is 0. The van der Waals surface area contributed by atoms with E-state index >= 15 is 0 Å². The quantitative estimate of drug-likeness (QED) is 0.815. The van der Waals surface area contributed by atoms with E-state index in [4.69, 9.17) is 10.5 Å². The average molecular weight is 252 g/mol. The average Bonchev–Trinajstić information content (AvgIpc) is 2.68. The van der Waals surface area contributed by atoms with Gasteiger partial charge in [-0.3, -0.25) is 4.90 Å². The first kappa shape index (κ1) is 13.1. The summed E-state index contributed by atoms with van der Waals surface area (Å²) in [5, 5.41) is 21.0. The summed E-state index contributed by atoms with van der Waals surface area (Å²) < 4.78 is 0. The minimum atomic E-state index is 0.210. The number of benzene rings is 1. The lowest BCUT2D eigenvalue weighted by Gasteiger charge is -2.18. The van der Waals surface area contributed by atoms with Crippen molar-refractivity contribution < 1.29 is 0 Å². The topological polar surface area (TPSA) is 62.9 Å². The monoisotopic (exact) mass is 252 g/mol. The van der Waals surface area contributed by atoms with Gasteiger partial charge in [-0.25, -0.2) is 0 Å². The third-order valence-electron chi connectivity index (χ3n) is 3.22. The summed E-state index contributed by atoms with van der Waals surface area (Å²) in [6, 6.07) is 14.2. The number of nitrogens with one attached hydrogen (secondary N) is 1. The van der Waals surface area contributed by atoms with Crippen molar-refractivity contribution in [2.24, 2.45) is 0 Å². The molecule has 4 nitrogen and oxygen atoms in total. The molecule has 1 aliphatic heterocycles. The predicted molar refractivity (Wildman–Crippen MR) is 72.6 cm³/mol. The second-order valence-corrected chi connectivity index (χ2v) is 4.52. The predicted octanol–water partition coefficient (Wildman–Crippen LogP) is 1.78. The van der Waals surface area contributed by atoms with Crippen molar-refractivity contribution in [2.45, 2.75) is 13.0 Å². The van der Waals surface area contributed by atoms with Gasteiger partial charge in [0.1, 0.15) is 17.7 Å². The van der Waals surface area contributed by atoms with Crippen LogP contribution < -0.4 is 5.32 Å². The lowest BCUT2D eigenvalue weighted by atomic mass is 10.2. The molecule has 0 saturated carbocycles. The van der Waals surface area contributed by atoms with Crippen molar-refractivity contribution in [3.63, 3.8) is 0 Å². The fraction of sp³-hybridized carbons (Fsp3) is 0.333. The lowest BCUT2D eigenvalue weighted by Crippen LogP contribution is -2.27. The number of nitrogens with zero attached hydrogens (tertiary/aromatic N) is 3. The van der Waals surface area contributed by atoms with Crippen LogP contribution >= 0.6 is 0 Å². The summed E-state index contributed by atoms with van der Waals surface area (Å²) in [6.45, 7) is 3.46. The van der Waals surface area contributed by atoms with Gasteiger partial charge in [0, 0.05) is 38.3 Å². The Balaban J connectivity index is 2.00. The molecule has 0 unspecified atom stereocenters. The largest absolute Gasteiger partial charge is 0.385 e. The second kappa shape index (κ2) is 6.58. The summed E-state index contributed by atoms with van der Waals surface area (Å²) in [6.07, 6.45) is 0.725. The summed E-state index contributed by atoms with van der Waals surface area (Å²) >= 11 is 0. The maximum Gasteiger partial charge on any atom is 0.148 e. The van der Waals surface area contributed by atoms with E-state index in [1.165, 1.54) is 5.56 Å². The zero-order chi connectivity index (χ0) is 13.5. The first-order chi connectivity index (χ1) is 9.33. The van der Waals surface area contributed by atoms with Crippen LogP contribution in [0, 0.1) is 22.7 Å². The van der Waals surface area contributed by atoms with E-state index in [0.29, 0.717) is 0 Å². The van der Waals surface area contributed by atoms with E-state index in [1.807, 2.05) is 30.3 Å². The van der Waals surface area contributed by atoms with Crippen molar-refractivity contribution in [3.05, 3.63) is 47.2 Å². The molecule has 0 aliphatic carbocycles. The number of allylic oxidation sites excluding steroid dienone is 1. The Labute approximate surface area is 113 Å². The standard InChI is InChI=1S/C15H16N4/c16-10-14(11-17)15-6-8-19(9-7-18-15)12-13-4-2-1-3-5-13/h1-5,18H,6-9,12H2. The Morgan fingerprint density at radius 2 is 1.89 bits per heavy atom. The number of nitriles is 2. The van der Waals surface area contributed by atoms with E-state index in [-0.39, 0.29) is 5.57 Å². The number of rotatable bonds is 2. The van der Waals surface area contributed by atoms with Gasteiger partial charge in [0.2, 0.25) is 0 Å². The molecule has 1 aromatic rings. The Kier molecular flexibility index (Phi) is 4.55. The van der Waals surface area contributed by atoms with Crippen LogP contribution in [0.3, 0.4) is 0 Å². The molecule has 0 radical (unpaired) electrons. The Morgan fingerprint density at radius 3 is 2.58 bits per heavy atom. The molecule has 0 amide bonds. The normalized spacial score (nSPS) is 15.8. The molecule has 1 N–H and O–H groups in total. The van der Waals surface area contributed by atoms with Gasteiger partial charge in [-0.15, -0.1) is 0 Å². The lowest BCUT2D eigenvalue weighted by molar-refractivity contribution is 0.285. The van der Waals surface area contributed by atoms with Crippen molar-refractivity contribution in [3.8, 4) is 12.1 Å². The van der Waals surface area contributed by atoms with Gasteiger partial charge in [0.25, 0.3) is 0 Å². The Bertz CT molecular complexity index is 518. The SMILES string of the molecule is N#CC(C#N)=C1CCN(Cc2ccccc2)CCN1. The van der Waals surface area contributed by atoms with Gasteiger partial charge in [0.05, 0.1) is 0 Å². The number of hydrogen-bond acceptors (Lipinski definition) is 4. The molecule has 1 heterocycles. The zero-order valence-electron chi connectivity index (χ0n) is 10.8. The molecule has 0 aromatic heterocycles. The maximum atomic E-state index is 8.89. The molecule has 0 atom stereocenters. The zero-order valence-corrected chi connectivity index (χ0v) is 10.8. The van der Waals surface area contributed by atoms with Crippen LogP contribution in [-0.4, -0.2) is 24.5 Å². The Hall–Kier alpha value is -2.30. The fourth-order valence-corrected chi connectivity index (χ4v) is 2.21. The van der Waals surface area contributed by atoms with Crippen LogP contribution in [0.15, 0.2) is 41.6 Å². The van der Waals surface area contributed by atoms with Crippen LogP contribution in [-0.2, 0) is 6.54 Å². The van der Waals surface area contributed by atoms with Gasteiger partial charge in [-0.1, -0.05) is 30.3 Å². The molecule has 2 rings (SSSR count). The smallest absolute Gasteiger partial charge is 0.148 e. The van der Waals surface area contributed by atoms with Gasteiger partial charge in [-0.2, -0.15) is 10.5 Å². The molecular weight excluding hydrogens is 236 g/mol. The summed E-state index contributed by atoms with van der Waals surface area (Å²) in [5.41, 5.74) is 2.28. The highest BCUT2D eigenvalue weighted by Gasteiger charge is 2.14. The highest BCUT2D eigenvalue weighted by Crippen LogP contribution is 2.12. The second-order valence-electron chi connectivity index (χ2n) is 4.52. The van der Waals surface area contributed by atoms with Gasteiger partial charge in [-0.05, 0) is 5.56 Å². The van der Waals surface area contributed by atoms with Gasteiger partial charge in [0.15, 0.2) is 0 Å². The fourth-order valence-electron chi connectivity index (χ4n) is 2.21. The Morgan fingerprint density at radius 1 is 1.16 bits per heavy atom. The highest BCUT2D eigenvalue weighted by molar-refractivity contribution is 5.39. The maximum absolute atomic E-state index is 8.89. The molecule has 4 heteroatoms. The summed E-state index contributed by atoms with van der Waals surface area (Å²) in [5.74, 6) is 0. The molecule has 1 aromatic carbocycles. The molecular formula is C15H16N4. The number of hydrogen-bond donors (Lipinski definition) is 1. The molecule has 1 aliphatic rings. The van der Waals surface area contributed by atoms with E-state index in [0.717, 1.165) is 38.3 Å². The van der Waals surface area contributed by atoms with Gasteiger partial charge >= 0.3 is 0 Å². The third-order valence-corrected chi connectivity index (χ3v) is 3.22. The van der Waals surface area contributed by atoms with Crippen molar-refractivity contribution in [1.29, 1.82) is 10.5 Å². The molecule has 19 heavy (non-hydrogen) atoms. The van der Waals surface area contributed by atoms with E-state index in [2.05, 4.69) is 22.3 Å². The minimum Gasteiger partial charge on any atom is -0.385 e. The molecule has 0 spiro atoms. The van der Waals surface area contributed by atoms with Crippen LogP contribution in [0.25, 0.3) is 0 Å². The molecule has 1 saturated heterocycles. The van der Waals surface area contributed by atoms with Crippen LogP contribution in [0.4, 0.5) is 0 Å². The van der Waals surface area contributed by atoms with Crippen molar-refractivity contribution in [2.75, 3.05) is 19.6 Å². The molecule has 0 bridgehead atoms. The highest BCUT2D eigenvalue weighted by atomic mass is 15.2. The van der Waals surface area contributed by atoms with Crippen molar-refractivity contribution in [1.82, 2.24) is 10.2 Å². The first-order valence-electron chi connectivity index (χ1n) is 6.37. The summed E-state index contributed by atoms with van der Waals surface area (Å²) in [4.78, 5) is 2.34. The minimum absolute atomic E-state index is 0.210. The molecule has 1 fully saturated rings. The third kappa shape index (κ3) is 3.58. The van der Waals surface area contributed by atoms with Crippen LogP contribution in [0.2, 0.25) is 0 Å². The van der Waals surface area contributed by atoms with Crippen LogP contribution in [0.1, 0.15) is 12.0 Å². The van der Waals surface area contributed by atoms with E-state index in [9.17, 15) is 0 Å².